The second kappa shape index (κ2) is 6.58. The summed E-state index contributed by atoms with van der Waals surface area (Å²) in [6.07, 6.45) is 2.60. The Labute approximate surface area is 100 Å². The topological polar surface area (TPSA) is 55.8 Å². The average molecular weight is 236 g/mol. The van der Waals surface area contributed by atoms with E-state index < -0.39 is 5.97 Å². The van der Waals surface area contributed by atoms with E-state index in [1.807, 2.05) is 13.8 Å². The number of carboxylic acids is 1. The molecule has 1 aromatic carbocycles. The Balaban J connectivity index is 2.95. The Bertz CT molecular complexity index is 410. The second-order valence-corrected chi connectivity index (χ2v) is 3.24. The molecule has 0 atom stereocenters. The normalized spacial score (nSPS) is 10.5. The van der Waals surface area contributed by atoms with E-state index in [2.05, 4.69) is 0 Å². The monoisotopic (exact) mass is 236 g/mol. The highest BCUT2D eigenvalue weighted by atomic mass is 16.5. The third-order valence-electron chi connectivity index (χ3n) is 1.99. The SMILES string of the molecule is CCOc1ccc(C=CC(=O)O)cc1OCC. The standard InChI is InChI=1S/C13H16O4/c1-3-16-11-7-5-10(6-8-13(14)15)9-12(11)17-4-2/h5-9H,3-4H2,1-2H3,(H,14,15). The molecular formula is C13H16O4. The van der Waals surface area contributed by atoms with E-state index in [4.69, 9.17) is 14.6 Å². The van der Waals surface area contributed by atoms with Crippen LogP contribution in [0.3, 0.4) is 0 Å². The lowest BCUT2D eigenvalue weighted by molar-refractivity contribution is -0.131. The van der Waals surface area contributed by atoms with Crippen molar-refractivity contribution in [3.63, 3.8) is 0 Å². The molecule has 0 amide bonds. The van der Waals surface area contributed by atoms with Gasteiger partial charge in [-0.3, -0.25) is 0 Å². The fourth-order valence-electron chi connectivity index (χ4n) is 1.34. The molecule has 0 radical (unpaired) electrons. The summed E-state index contributed by atoms with van der Waals surface area (Å²) in [5.41, 5.74) is 0.763. The van der Waals surface area contributed by atoms with Gasteiger partial charge < -0.3 is 14.6 Å². The Kier molecular flexibility index (Phi) is 5.07. The van der Waals surface area contributed by atoms with Gasteiger partial charge >= 0.3 is 5.97 Å². The number of rotatable bonds is 6. The fraction of sp³-hybridized carbons (Fsp3) is 0.308. The molecule has 0 saturated carbocycles. The van der Waals surface area contributed by atoms with Gasteiger partial charge in [0, 0.05) is 6.08 Å². The highest BCUT2D eigenvalue weighted by Gasteiger charge is 2.04. The number of benzene rings is 1. The number of carboxylic acid groups (broad SMARTS) is 1. The minimum Gasteiger partial charge on any atom is -0.490 e. The van der Waals surface area contributed by atoms with E-state index in [-0.39, 0.29) is 0 Å². The van der Waals surface area contributed by atoms with E-state index >= 15 is 0 Å². The van der Waals surface area contributed by atoms with Crippen LogP contribution in [0.4, 0.5) is 0 Å². The first-order valence-corrected chi connectivity index (χ1v) is 5.48. The van der Waals surface area contributed by atoms with Crippen LogP contribution in [0.5, 0.6) is 11.5 Å². The predicted molar refractivity (Wildman–Crippen MR) is 65.4 cm³/mol. The van der Waals surface area contributed by atoms with Crippen LogP contribution < -0.4 is 9.47 Å². The lowest BCUT2D eigenvalue weighted by Gasteiger charge is -2.11. The molecule has 0 heterocycles. The Morgan fingerprint density at radius 2 is 1.88 bits per heavy atom. The number of aliphatic carboxylic acids is 1. The Morgan fingerprint density at radius 1 is 1.24 bits per heavy atom. The minimum absolute atomic E-state index is 0.534. The number of ether oxygens (including phenoxy) is 2. The molecular weight excluding hydrogens is 220 g/mol. The maximum absolute atomic E-state index is 10.4. The molecule has 0 unspecified atom stereocenters. The van der Waals surface area contributed by atoms with Crippen LogP contribution in [0.1, 0.15) is 19.4 Å². The van der Waals surface area contributed by atoms with Crippen LogP contribution in [-0.2, 0) is 4.79 Å². The van der Waals surface area contributed by atoms with Crippen molar-refractivity contribution in [3.05, 3.63) is 29.8 Å². The zero-order valence-electron chi connectivity index (χ0n) is 9.97. The third-order valence-corrected chi connectivity index (χ3v) is 1.99. The summed E-state index contributed by atoms with van der Waals surface area (Å²) in [5.74, 6) is 0.320. The van der Waals surface area contributed by atoms with Gasteiger partial charge in [0.05, 0.1) is 13.2 Å². The van der Waals surface area contributed by atoms with Crippen molar-refractivity contribution in [2.24, 2.45) is 0 Å². The van der Waals surface area contributed by atoms with Crippen molar-refractivity contribution < 1.29 is 19.4 Å². The Morgan fingerprint density at radius 3 is 2.47 bits per heavy atom. The molecule has 0 aliphatic rings. The van der Waals surface area contributed by atoms with Crippen LogP contribution in [-0.4, -0.2) is 24.3 Å². The minimum atomic E-state index is -0.975. The van der Waals surface area contributed by atoms with Crippen molar-refractivity contribution in [1.82, 2.24) is 0 Å². The molecule has 0 spiro atoms. The molecule has 1 rings (SSSR count). The van der Waals surface area contributed by atoms with E-state index in [0.717, 1.165) is 11.6 Å². The molecule has 92 valence electrons. The maximum Gasteiger partial charge on any atom is 0.328 e. The van der Waals surface area contributed by atoms with E-state index in [0.29, 0.717) is 24.7 Å². The van der Waals surface area contributed by atoms with Crippen LogP contribution >= 0.6 is 0 Å². The second-order valence-electron chi connectivity index (χ2n) is 3.24. The van der Waals surface area contributed by atoms with Gasteiger partial charge in [0.2, 0.25) is 0 Å². The van der Waals surface area contributed by atoms with Gasteiger partial charge in [-0.1, -0.05) is 6.07 Å². The van der Waals surface area contributed by atoms with Gasteiger partial charge in [0.25, 0.3) is 0 Å². The van der Waals surface area contributed by atoms with Crippen LogP contribution in [0, 0.1) is 0 Å². The van der Waals surface area contributed by atoms with Gasteiger partial charge in [0.1, 0.15) is 0 Å². The summed E-state index contributed by atoms with van der Waals surface area (Å²) in [7, 11) is 0. The van der Waals surface area contributed by atoms with Crippen LogP contribution in [0.25, 0.3) is 6.08 Å². The largest absolute Gasteiger partial charge is 0.490 e. The van der Waals surface area contributed by atoms with Gasteiger partial charge in [-0.2, -0.15) is 0 Å². The smallest absolute Gasteiger partial charge is 0.328 e. The first kappa shape index (κ1) is 13.1. The molecule has 17 heavy (non-hydrogen) atoms. The van der Waals surface area contributed by atoms with Crippen molar-refractivity contribution in [2.75, 3.05) is 13.2 Å². The first-order valence-electron chi connectivity index (χ1n) is 5.48. The molecule has 4 heteroatoms. The van der Waals surface area contributed by atoms with E-state index in [1.165, 1.54) is 6.08 Å². The van der Waals surface area contributed by atoms with Crippen molar-refractivity contribution in [1.29, 1.82) is 0 Å². The summed E-state index contributed by atoms with van der Waals surface area (Å²) in [6.45, 7) is 4.88. The molecule has 0 aromatic heterocycles. The zero-order valence-corrected chi connectivity index (χ0v) is 9.97. The molecule has 0 bridgehead atoms. The maximum atomic E-state index is 10.4. The third kappa shape index (κ3) is 4.18. The summed E-state index contributed by atoms with van der Waals surface area (Å²) < 4.78 is 10.8. The molecule has 1 aromatic rings. The first-order chi connectivity index (χ1) is 8.17. The molecule has 0 aliphatic carbocycles. The van der Waals surface area contributed by atoms with Crippen molar-refractivity contribution >= 4 is 12.0 Å². The zero-order chi connectivity index (χ0) is 12.7. The van der Waals surface area contributed by atoms with Crippen molar-refractivity contribution in [2.45, 2.75) is 13.8 Å². The molecule has 0 fully saturated rings. The summed E-state index contributed by atoms with van der Waals surface area (Å²) in [5, 5.41) is 8.54. The fourth-order valence-corrected chi connectivity index (χ4v) is 1.34. The number of hydrogen-bond acceptors (Lipinski definition) is 3. The van der Waals surface area contributed by atoms with Gasteiger partial charge in [-0.15, -0.1) is 0 Å². The number of hydrogen-bond donors (Lipinski definition) is 1. The van der Waals surface area contributed by atoms with Crippen molar-refractivity contribution in [3.8, 4) is 11.5 Å². The molecule has 0 aliphatic heterocycles. The average Bonchev–Trinajstić information content (AvgIpc) is 2.30. The number of carbonyl (C=O) groups is 1. The van der Waals surface area contributed by atoms with Gasteiger partial charge in [-0.05, 0) is 37.6 Å². The van der Waals surface area contributed by atoms with E-state index in [9.17, 15) is 4.79 Å². The summed E-state index contributed by atoms with van der Waals surface area (Å²) in [4.78, 5) is 10.4. The predicted octanol–water partition coefficient (Wildman–Crippen LogP) is 2.58. The molecule has 4 nitrogen and oxygen atoms in total. The van der Waals surface area contributed by atoms with Gasteiger partial charge in [0.15, 0.2) is 11.5 Å². The molecule has 0 saturated heterocycles. The van der Waals surface area contributed by atoms with Crippen LogP contribution in [0.2, 0.25) is 0 Å². The summed E-state index contributed by atoms with van der Waals surface area (Å²) in [6, 6.07) is 5.32. The summed E-state index contributed by atoms with van der Waals surface area (Å²) >= 11 is 0. The lowest BCUT2D eigenvalue weighted by Crippen LogP contribution is -1.98. The lowest BCUT2D eigenvalue weighted by atomic mass is 10.2. The highest BCUT2D eigenvalue weighted by molar-refractivity contribution is 5.85. The quantitative estimate of drug-likeness (QED) is 0.771. The highest BCUT2D eigenvalue weighted by Crippen LogP contribution is 2.28. The van der Waals surface area contributed by atoms with Gasteiger partial charge in [-0.25, -0.2) is 4.79 Å². The van der Waals surface area contributed by atoms with Crippen LogP contribution in [0.15, 0.2) is 24.3 Å². The Hall–Kier alpha value is -1.97. The van der Waals surface area contributed by atoms with E-state index in [1.54, 1.807) is 18.2 Å². The molecule has 1 N–H and O–H groups in total.